The summed E-state index contributed by atoms with van der Waals surface area (Å²) in [7, 11) is 1.69. The number of urea groups is 1. The van der Waals surface area contributed by atoms with Crippen molar-refractivity contribution in [1.82, 2.24) is 4.90 Å². The quantitative estimate of drug-likeness (QED) is 0.651. The average molecular weight is 370 g/mol. The second-order valence-electron chi connectivity index (χ2n) is 4.30. The van der Waals surface area contributed by atoms with Crippen molar-refractivity contribution in [3.05, 3.63) is 55.2 Å². The molecule has 0 saturated heterocycles. The molecule has 0 aliphatic rings. The molecular weight excluding hydrogens is 358 g/mol. The maximum Gasteiger partial charge on any atom is 0.321 e. The molecule has 0 radical (unpaired) electrons. The van der Waals surface area contributed by atoms with Gasteiger partial charge in [0.15, 0.2) is 0 Å². The fourth-order valence-electron chi connectivity index (χ4n) is 1.63. The number of amides is 2. The lowest BCUT2D eigenvalue weighted by atomic mass is 10.3. The van der Waals surface area contributed by atoms with E-state index in [1.54, 1.807) is 23.3 Å². The highest BCUT2D eigenvalue weighted by atomic mass is 79.9. The maximum atomic E-state index is 12.0. The predicted octanol–water partition coefficient (Wildman–Crippen LogP) is 4.08. The van der Waals surface area contributed by atoms with E-state index in [9.17, 15) is 14.9 Å². The molecule has 6 nitrogen and oxygen atoms in total. The van der Waals surface area contributed by atoms with Crippen molar-refractivity contribution < 1.29 is 9.72 Å². The summed E-state index contributed by atoms with van der Waals surface area (Å²) >= 11 is 4.94. The van der Waals surface area contributed by atoms with Gasteiger partial charge in [-0.3, -0.25) is 10.1 Å². The van der Waals surface area contributed by atoms with Gasteiger partial charge in [0, 0.05) is 29.7 Å². The Kier molecular flexibility index (Phi) is 4.92. The molecule has 0 bridgehead atoms. The number of benzene rings is 1. The van der Waals surface area contributed by atoms with Crippen LogP contribution in [0.4, 0.5) is 16.2 Å². The fraction of sp³-hybridized carbons (Fsp3) is 0.154. The van der Waals surface area contributed by atoms with Crippen molar-refractivity contribution in [3.8, 4) is 0 Å². The van der Waals surface area contributed by atoms with Crippen LogP contribution >= 0.6 is 27.3 Å². The van der Waals surface area contributed by atoms with Crippen LogP contribution in [0.3, 0.4) is 0 Å². The Morgan fingerprint density at radius 3 is 2.52 bits per heavy atom. The van der Waals surface area contributed by atoms with E-state index in [2.05, 4.69) is 21.2 Å². The van der Waals surface area contributed by atoms with Crippen molar-refractivity contribution in [3.63, 3.8) is 0 Å². The van der Waals surface area contributed by atoms with Crippen LogP contribution in [0.25, 0.3) is 0 Å². The van der Waals surface area contributed by atoms with Crippen molar-refractivity contribution in [2.24, 2.45) is 0 Å². The molecule has 1 aromatic carbocycles. The molecule has 0 fully saturated rings. The molecule has 0 atom stereocenters. The molecule has 0 saturated carbocycles. The minimum Gasteiger partial charge on any atom is -0.322 e. The minimum absolute atomic E-state index is 0.00945. The zero-order valence-electron chi connectivity index (χ0n) is 11.1. The Labute approximate surface area is 133 Å². The third-order valence-corrected chi connectivity index (χ3v) is 4.31. The van der Waals surface area contributed by atoms with Crippen LogP contribution in [0.15, 0.2) is 40.2 Å². The molecular formula is C13H12BrN3O3S. The Morgan fingerprint density at radius 1 is 1.33 bits per heavy atom. The summed E-state index contributed by atoms with van der Waals surface area (Å²) < 4.78 is 1.02. The molecule has 0 unspecified atom stereocenters. The standard InChI is InChI=1S/C13H12BrN3O3S/c1-16(8-11-6-7-12(14)21-11)13(18)15-9-2-4-10(5-3-9)17(19)20/h2-7H,8H2,1H3,(H,15,18). The van der Waals surface area contributed by atoms with Crippen LogP contribution in [0, 0.1) is 10.1 Å². The monoisotopic (exact) mass is 369 g/mol. The number of nitrogens with one attached hydrogen (secondary N) is 1. The van der Waals surface area contributed by atoms with Gasteiger partial charge in [0.2, 0.25) is 0 Å². The Bertz CT molecular complexity index is 657. The number of halogens is 1. The third kappa shape index (κ3) is 4.27. The molecule has 21 heavy (non-hydrogen) atoms. The number of nitro groups is 1. The van der Waals surface area contributed by atoms with Gasteiger partial charge in [-0.2, -0.15) is 0 Å². The van der Waals surface area contributed by atoms with E-state index >= 15 is 0 Å². The van der Waals surface area contributed by atoms with Gasteiger partial charge >= 0.3 is 6.03 Å². The van der Waals surface area contributed by atoms with Crippen molar-refractivity contribution in [1.29, 1.82) is 0 Å². The molecule has 0 aliphatic heterocycles. The van der Waals surface area contributed by atoms with Crippen LogP contribution in [0.5, 0.6) is 0 Å². The van der Waals surface area contributed by atoms with Crippen LogP contribution in [-0.2, 0) is 6.54 Å². The summed E-state index contributed by atoms with van der Waals surface area (Å²) in [5, 5.41) is 13.2. The second-order valence-corrected chi connectivity index (χ2v) is 6.84. The van der Waals surface area contributed by atoms with Crippen LogP contribution < -0.4 is 5.32 Å². The highest BCUT2D eigenvalue weighted by molar-refractivity contribution is 9.11. The number of carbonyl (C=O) groups is 1. The molecule has 2 rings (SSSR count). The van der Waals surface area contributed by atoms with Crippen molar-refractivity contribution in [2.75, 3.05) is 12.4 Å². The SMILES string of the molecule is CN(Cc1ccc(Br)s1)C(=O)Nc1ccc([N+](=O)[O-])cc1. The lowest BCUT2D eigenvalue weighted by molar-refractivity contribution is -0.384. The number of rotatable bonds is 4. The topological polar surface area (TPSA) is 75.5 Å². The Hall–Kier alpha value is -1.93. The van der Waals surface area contributed by atoms with E-state index in [4.69, 9.17) is 0 Å². The largest absolute Gasteiger partial charge is 0.322 e. The Morgan fingerprint density at radius 2 is 2.00 bits per heavy atom. The number of hydrogen-bond donors (Lipinski definition) is 1. The third-order valence-electron chi connectivity index (χ3n) is 2.70. The number of anilines is 1. The summed E-state index contributed by atoms with van der Waals surface area (Å²) in [5.41, 5.74) is 0.509. The molecule has 0 spiro atoms. The summed E-state index contributed by atoms with van der Waals surface area (Å²) in [6.07, 6.45) is 0. The van der Waals surface area contributed by atoms with E-state index < -0.39 is 4.92 Å². The van der Waals surface area contributed by atoms with Gasteiger partial charge in [-0.15, -0.1) is 11.3 Å². The van der Waals surface area contributed by atoms with E-state index in [0.29, 0.717) is 12.2 Å². The Balaban J connectivity index is 1.95. The summed E-state index contributed by atoms with van der Waals surface area (Å²) in [6.45, 7) is 0.495. The van der Waals surface area contributed by atoms with Gasteiger partial charge in [0.25, 0.3) is 5.69 Å². The fourth-order valence-corrected chi connectivity index (χ4v) is 3.16. The normalized spacial score (nSPS) is 10.2. The van der Waals surface area contributed by atoms with E-state index in [1.165, 1.54) is 24.3 Å². The highest BCUT2D eigenvalue weighted by Gasteiger charge is 2.11. The van der Waals surface area contributed by atoms with Gasteiger partial charge in [-0.05, 0) is 40.2 Å². The van der Waals surface area contributed by atoms with Gasteiger partial charge in [0.1, 0.15) is 0 Å². The molecule has 2 aromatic rings. The minimum atomic E-state index is -0.480. The number of nitro benzene ring substituents is 1. The summed E-state index contributed by atoms with van der Waals surface area (Å²) in [6, 6.07) is 9.33. The highest BCUT2D eigenvalue weighted by Crippen LogP contribution is 2.23. The first-order valence-corrected chi connectivity index (χ1v) is 7.57. The van der Waals surface area contributed by atoms with Gasteiger partial charge in [-0.25, -0.2) is 4.79 Å². The first-order chi connectivity index (χ1) is 9.95. The van der Waals surface area contributed by atoms with Gasteiger partial charge in [-0.1, -0.05) is 0 Å². The number of hydrogen-bond acceptors (Lipinski definition) is 4. The molecule has 110 valence electrons. The van der Waals surface area contributed by atoms with Crippen molar-refractivity contribution in [2.45, 2.75) is 6.54 Å². The van der Waals surface area contributed by atoms with Crippen molar-refractivity contribution >= 4 is 44.7 Å². The number of nitrogens with zero attached hydrogens (tertiary/aromatic N) is 2. The number of carbonyl (C=O) groups excluding carboxylic acids is 1. The number of non-ortho nitro benzene ring substituents is 1. The average Bonchev–Trinajstić information content (AvgIpc) is 2.84. The van der Waals surface area contributed by atoms with Crippen LogP contribution in [0.2, 0.25) is 0 Å². The predicted molar refractivity (Wildman–Crippen MR) is 85.6 cm³/mol. The second kappa shape index (κ2) is 6.68. The first-order valence-electron chi connectivity index (χ1n) is 5.96. The van der Waals surface area contributed by atoms with E-state index in [1.807, 2.05) is 12.1 Å². The zero-order chi connectivity index (χ0) is 15.4. The molecule has 1 aromatic heterocycles. The maximum absolute atomic E-state index is 12.0. The lowest BCUT2D eigenvalue weighted by Crippen LogP contribution is -2.30. The van der Waals surface area contributed by atoms with Crippen LogP contribution in [0.1, 0.15) is 4.88 Å². The zero-order valence-corrected chi connectivity index (χ0v) is 13.5. The number of thiophene rings is 1. The first kappa shape index (κ1) is 15.5. The summed E-state index contributed by atoms with van der Waals surface area (Å²) in [5.74, 6) is 0. The van der Waals surface area contributed by atoms with Gasteiger partial charge < -0.3 is 10.2 Å². The molecule has 8 heteroatoms. The van der Waals surface area contributed by atoms with E-state index in [-0.39, 0.29) is 11.7 Å². The molecule has 1 N–H and O–H groups in total. The molecule has 0 aliphatic carbocycles. The molecule has 2 amide bonds. The smallest absolute Gasteiger partial charge is 0.321 e. The lowest BCUT2D eigenvalue weighted by Gasteiger charge is -2.17. The molecule has 1 heterocycles. The van der Waals surface area contributed by atoms with Gasteiger partial charge in [0.05, 0.1) is 15.3 Å². The van der Waals surface area contributed by atoms with E-state index in [0.717, 1.165) is 8.66 Å². The summed E-state index contributed by atoms with van der Waals surface area (Å²) in [4.78, 5) is 24.7. The van der Waals surface area contributed by atoms with Crippen LogP contribution in [-0.4, -0.2) is 22.9 Å².